The van der Waals surface area contributed by atoms with Crippen LogP contribution in [0.1, 0.15) is 26.3 Å². The Kier molecular flexibility index (Phi) is 6.05. The summed E-state index contributed by atoms with van der Waals surface area (Å²) in [5, 5.41) is 1.66. The summed E-state index contributed by atoms with van der Waals surface area (Å²) in [7, 11) is -2.74. The molecule has 1 aliphatic heterocycles. The fourth-order valence-corrected chi connectivity index (χ4v) is 9.64. The molecule has 0 atom stereocenters. The van der Waals surface area contributed by atoms with E-state index in [1.807, 2.05) is 0 Å². The molecule has 22 heavy (non-hydrogen) atoms. The average molecular weight is 336 g/mol. The Balaban J connectivity index is 1.96. The zero-order valence-corrected chi connectivity index (χ0v) is 17.1. The van der Waals surface area contributed by atoms with E-state index in [9.17, 15) is 0 Å². The van der Waals surface area contributed by atoms with Crippen LogP contribution in [0.2, 0.25) is 31.2 Å². The van der Waals surface area contributed by atoms with Crippen molar-refractivity contribution in [1.29, 1.82) is 0 Å². The van der Waals surface area contributed by atoms with Crippen LogP contribution in [0.25, 0.3) is 0 Å². The normalized spacial score (nSPS) is 18.2. The SMILES string of the molecule is CC[Si](CC)(CC)OCCN1Cc2ccccc2[Si](C)(C)C1. The second-order valence-corrected chi connectivity index (χ2v) is 16.7. The van der Waals surface area contributed by atoms with E-state index in [1.54, 1.807) is 10.8 Å². The Hall–Kier alpha value is -0.426. The minimum absolute atomic E-state index is 0.925. The van der Waals surface area contributed by atoms with Gasteiger partial charge in [-0.15, -0.1) is 0 Å². The molecule has 0 fully saturated rings. The fourth-order valence-electron chi connectivity index (χ4n) is 3.86. The Morgan fingerprint density at radius 2 is 1.73 bits per heavy atom. The van der Waals surface area contributed by atoms with Gasteiger partial charge in [-0.3, -0.25) is 4.90 Å². The first-order chi connectivity index (χ1) is 10.5. The van der Waals surface area contributed by atoms with Crippen molar-refractivity contribution in [2.75, 3.05) is 19.3 Å². The second-order valence-electron chi connectivity index (χ2n) is 7.34. The van der Waals surface area contributed by atoms with Crippen molar-refractivity contribution in [3.05, 3.63) is 29.8 Å². The lowest BCUT2D eigenvalue weighted by Gasteiger charge is -2.39. The van der Waals surface area contributed by atoms with Crippen LogP contribution in [0, 0.1) is 0 Å². The summed E-state index contributed by atoms with van der Waals surface area (Å²) in [6.07, 6.45) is 1.27. The molecule has 1 aromatic rings. The van der Waals surface area contributed by atoms with E-state index in [-0.39, 0.29) is 0 Å². The first kappa shape index (κ1) is 17.9. The van der Waals surface area contributed by atoms with Gasteiger partial charge in [0.15, 0.2) is 8.32 Å². The van der Waals surface area contributed by atoms with Gasteiger partial charge in [-0.25, -0.2) is 0 Å². The quantitative estimate of drug-likeness (QED) is 0.699. The van der Waals surface area contributed by atoms with E-state index >= 15 is 0 Å². The summed E-state index contributed by atoms with van der Waals surface area (Å²) in [6.45, 7) is 15.1. The molecule has 2 nitrogen and oxygen atoms in total. The van der Waals surface area contributed by atoms with E-state index < -0.39 is 16.4 Å². The van der Waals surface area contributed by atoms with Crippen LogP contribution in [0.5, 0.6) is 0 Å². The molecule has 2 rings (SSSR count). The molecule has 0 N–H and O–H groups in total. The molecule has 124 valence electrons. The number of benzene rings is 1. The lowest BCUT2D eigenvalue weighted by Crippen LogP contribution is -2.58. The molecule has 0 aliphatic carbocycles. The van der Waals surface area contributed by atoms with Crippen LogP contribution in [0.4, 0.5) is 0 Å². The Bertz CT molecular complexity index is 477. The first-order valence-electron chi connectivity index (χ1n) is 8.91. The predicted molar refractivity (Wildman–Crippen MR) is 102 cm³/mol. The van der Waals surface area contributed by atoms with E-state index in [0.29, 0.717) is 0 Å². The Morgan fingerprint density at radius 3 is 2.36 bits per heavy atom. The molecule has 0 spiro atoms. The summed E-state index contributed by atoms with van der Waals surface area (Å²) in [6, 6.07) is 12.8. The third kappa shape index (κ3) is 3.91. The highest BCUT2D eigenvalue weighted by molar-refractivity contribution is 6.90. The van der Waals surface area contributed by atoms with E-state index in [2.05, 4.69) is 63.0 Å². The molecule has 0 saturated heterocycles. The highest BCUT2D eigenvalue weighted by atomic mass is 28.4. The molecule has 4 heteroatoms. The summed E-state index contributed by atoms with van der Waals surface area (Å²) < 4.78 is 6.45. The van der Waals surface area contributed by atoms with Crippen molar-refractivity contribution < 1.29 is 4.43 Å². The van der Waals surface area contributed by atoms with Crippen molar-refractivity contribution in [3.8, 4) is 0 Å². The second kappa shape index (κ2) is 7.43. The summed E-state index contributed by atoms with van der Waals surface area (Å²) in [5.41, 5.74) is 1.55. The van der Waals surface area contributed by atoms with Crippen LogP contribution < -0.4 is 5.19 Å². The van der Waals surface area contributed by atoms with Crippen LogP contribution >= 0.6 is 0 Å². The van der Waals surface area contributed by atoms with Crippen LogP contribution in [-0.4, -0.2) is 40.6 Å². The smallest absolute Gasteiger partial charge is 0.192 e. The lowest BCUT2D eigenvalue weighted by molar-refractivity contribution is 0.212. The minimum atomic E-state index is -1.42. The maximum atomic E-state index is 6.45. The van der Waals surface area contributed by atoms with Gasteiger partial charge in [0.05, 0.1) is 8.07 Å². The largest absolute Gasteiger partial charge is 0.416 e. The highest BCUT2D eigenvalue weighted by Crippen LogP contribution is 2.22. The van der Waals surface area contributed by atoms with Gasteiger partial charge in [-0.2, -0.15) is 0 Å². The molecular weight excluding hydrogens is 302 g/mol. The van der Waals surface area contributed by atoms with E-state index in [0.717, 1.165) is 19.7 Å². The monoisotopic (exact) mass is 335 g/mol. The third-order valence-corrected chi connectivity index (χ3v) is 13.4. The lowest BCUT2D eigenvalue weighted by atomic mass is 10.2. The molecule has 0 radical (unpaired) electrons. The molecule has 1 aliphatic rings. The van der Waals surface area contributed by atoms with Crippen LogP contribution in [0.15, 0.2) is 24.3 Å². The van der Waals surface area contributed by atoms with Crippen molar-refractivity contribution in [3.63, 3.8) is 0 Å². The minimum Gasteiger partial charge on any atom is -0.416 e. The predicted octanol–water partition coefficient (Wildman–Crippen LogP) is 3.98. The molecule has 0 saturated carbocycles. The molecule has 0 bridgehead atoms. The van der Waals surface area contributed by atoms with E-state index in [1.165, 1.54) is 24.3 Å². The maximum Gasteiger partial charge on any atom is 0.192 e. The fraction of sp³-hybridized carbons (Fsp3) is 0.667. The van der Waals surface area contributed by atoms with E-state index in [4.69, 9.17) is 4.43 Å². The zero-order chi connectivity index (χ0) is 16.2. The molecule has 1 aromatic carbocycles. The van der Waals surface area contributed by atoms with Gasteiger partial charge in [0.2, 0.25) is 0 Å². The van der Waals surface area contributed by atoms with Crippen molar-refractivity contribution >= 4 is 21.6 Å². The topological polar surface area (TPSA) is 12.5 Å². The number of fused-ring (bicyclic) bond motifs is 1. The summed E-state index contributed by atoms with van der Waals surface area (Å²) >= 11 is 0. The van der Waals surface area contributed by atoms with Gasteiger partial charge in [0, 0.05) is 19.7 Å². The molecule has 1 heterocycles. The van der Waals surface area contributed by atoms with Crippen molar-refractivity contribution in [2.24, 2.45) is 0 Å². The third-order valence-electron chi connectivity index (χ3n) is 5.51. The van der Waals surface area contributed by atoms with Crippen LogP contribution in [0.3, 0.4) is 0 Å². The van der Waals surface area contributed by atoms with Gasteiger partial charge >= 0.3 is 0 Å². The highest BCUT2D eigenvalue weighted by Gasteiger charge is 2.34. The molecule has 0 unspecified atom stereocenters. The summed E-state index contributed by atoms with van der Waals surface area (Å²) in [4.78, 5) is 2.63. The molecular formula is C18H33NOSi2. The van der Waals surface area contributed by atoms with Crippen LogP contribution in [-0.2, 0) is 11.0 Å². The van der Waals surface area contributed by atoms with Gasteiger partial charge in [-0.1, -0.05) is 63.3 Å². The number of rotatable bonds is 7. The molecule has 0 amide bonds. The van der Waals surface area contributed by atoms with Gasteiger partial charge in [-0.05, 0) is 29.9 Å². The summed E-state index contributed by atoms with van der Waals surface area (Å²) in [5.74, 6) is 0. The number of nitrogens with zero attached hydrogens (tertiary/aromatic N) is 1. The average Bonchev–Trinajstić information content (AvgIpc) is 2.51. The van der Waals surface area contributed by atoms with Gasteiger partial charge < -0.3 is 4.43 Å². The Labute approximate surface area is 139 Å². The standard InChI is InChI=1S/C18H33NOSi2/c1-6-22(7-2,8-3)20-14-13-19-15-17-11-9-10-12-18(17)21(4,5)16-19/h9-12H,6-8,13-16H2,1-5H3. The Morgan fingerprint density at radius 1 is 1.09 bits per heavy atom. The van der Waals surface area contributed by atoms with Crippen molar-refractivity contribution in [2.45, 2.75) is 58.5 Å². The first-order valence-corrected chi connectivity index (χ1v) is 14.6. The number of hydrogen-bond acceptors (Lipinski definition) is 2. The maximum absolute atomic E-state index is 6.45. The molecule has 0 aromatic heterocycles. The van der Waals surface area contributed by atoms with Crippen molar-refractivity contribution in [1.82, 2.24) is 4.90 Å². The number of hydrogen-bond donors (Lipinski definition) is 0. The van der Waals surface area contributed by atoms with Gasteiger partial charge in [0.1, 0.15) is 0 Å². The zero-order valence-electron chi connectivity index (χ0n) is 15.1. The van der Waals surface area contributed by atoms with Gasteiger partial charge in [0.25, 0.3) is 0 Å².